The van der Waals surface area contributed by atoms with Gasteiger partial charge in [-0.15, -0.1) is 0 Å². The summed E-state index contributed by atoms with van der Waals surface area (Å²) < 4.78 is 103. The molecule has 0 saturated heterocycles. The van der Waals surface area contributed by atoms with Gasteiger partial charge >= 0.3 is 22.8 Å². The molecule has 9 aromatic rings. The zero-order valence-corrected chi connectivity index (χ0v) is 43.4. The van der Waals surface area contributed by atoms with Gasteiger partial charge in [-0.3, -0.25) is 4.98 Å². The second-order valence-corrected chi connectivity index (χ2v) is 22.2. The van der Waals surface area contributed by atoms with Gasteiger partial charge in [-0.1, -0.05) is 72.8 Å². The van der Waals surface area contributed by atoms with Gasteiger partial charge < -0.3 is 0 Å². The lowest BCUT2D eigenvalue weighted by molar-refractivity contribution is 0.603. The molecule has 0 unspecified atom stereocenters. The third-order valence-electron chi connectivity index (χ3n) is 9.54. The van der Waals surface area contributed by atoms with Gasteiger partial charge in [0.1, 0.15) is 0 Å². The number of aryl methyl sites for hydroxylation is 3. The van der Waals surface area contributed by atoms with Crippen LogP contribution >= 0.6 is 0 Å². The van der Waals surface area contributed by atoms with Gasteiger partial charge in [0.2, 0.25) is 39.3 Å². The van der Waals surface area contributed by atoms with Gasteiger partial charge in [-0.25, -0.2) is 52.8 Å². The predicted molar refractivity (Wildman–Crippen MR) is 275 cm³/mol. The summed E-state index contributed by atoms with van der Waals surface area (Å²) in [6.45, 7) is 0. The fourth-order valence-corrected chi connectivity index (χ4v) is 9.44. The van der Waals surface area contributed by atoms with Crippen molar-refractivity contribution in [3.8, 4) is 5.69 Å². The fourth-order valence-electron chi connectivity index (χ4n) is 5.56. The Kier molecular flexibility index (Phi) is 18.4. The lowest BCUT2D eigenvalue weighted by Crippen LogP contribution is -2.21. The van der Waals surface area contributed by atoms with E-state index in [9.17, 15) is 52.8 Å². The van der Waals surface area contributed by atoms with E-state index in [4.69, 9.17) is 0 Å². The molecule has 77 heavy (non-hydrogen) atoms. The quantitative estimate of drug-likeness (QED) is 0.150. The maximum absolute atomic E-state index is 12.1. The number of nitrogens with zero attached hydrogens (tertiary/aromatic N) is 17. The third-order valence-corrected chi connectivity index (χ3v) is 15.2. The topological polar surface area (TPSA) is 360 Å². The van der Waals surface area contributed by atoms with Crippen LogP contribution in [0.3, 0.4) is 0 Å². The number of sulfone groups is 4. The van der Waals surface area contributed by atoms with E-state index < -0.39 is 62.1 Å². The molecular weight excluding hydrogens is 1090 g/mol. The van der Waals surface area contributed by atoms with Crippen molar-refractivity contribution >= 4 is 64.1 Å². The highest BCUT2D eigenvalue weighted by atomic mass is 32.2. The van der Waals surface area contributed by atoms with Gasteiger partial charge in [0.15, 0.2) is 0 Å². The Balaban J connectivity index is 0.000000167. The van der Waals surface area contributed by atoms with E-state index in [0.29, 0.717) is 5.69 Å². The Morgan fingerprint density at radius 1 is 0.338 bits per heavy atom. The third kappa shape index (κ3) is 15.2. The molecule has 5 heterocycles. The van der Waals surface area contributed by atoms with Crippen LogP contribution in [-0.4, -0.2) is 118 Å². The van der Waals surface area contributed by atoms with Gasteiger partial charge in [0, 0.05) is 52.1 Å². The predicted octanol–water partition coefficient (Wildman–Crippen LogP) is 0.363. The monoisotopic (exact) mass is 1130 g/mol. The summed E-state index contributed by atoms with van der Waals surface area (Å²) in [5, 5.41) is 31.8. The maximum atomic E-state index is 12.1. The lowest BCUT2D eigenvalue weighted by Gasteiger charge is -1.97. The number of benzene rings is 4. The smallest absolute Gasteiger partial charge is 0.262 e. The van der Waals surface area contributed by atoms with Crippen molar-refractivity contribution in [1.29, 1.82) is 0 Å². The van der Waals surface area contributed by atoms with Crippen LogP contribution in [0.5, 0.6) is 0 Å². The van der Waals surface area contributed by atoms with E-state index in [1.165, 1.54) is 75.9 Å². The molecule has 29 nitrogen and oxygen atoms in total. The molecule has 0 N–H and O–H groups in total. The summed E-state index contributed by atoms with van der Waals surface area (Å²) >= 11 is 0. The fraction of sp³-hybridized carbons (Fsp3) is 0.0682. The highest BCUT2D eigenvalue weighted by Crippen LogP contribution is 2.14. The largest absolute Gasteiger partial charge is 0.372 e. The molecule has 0 aliphatic carbocycles. The number of pyridine rings is 1. The van der Waals surface area contributed by atoms with Crippen molar-refractivity contribution in [2.75, 3.05) is 0 Å². The first-order chi connectivity index (χ1) is 36.6. The van der Waals surface area contributed by atoms with Crippen molar-refractivity contribution in [1.82, 2.24) is 84.1 Å². The first-order valence-electron chi connectivity index (χ1n) is 21.4. The molecule has 9 rings (SSSR count). The molecular formula is C44H41N17O12S4. The minimum atomic E-state index is -3.66. The zero-order valence-electron chi connectivity index (χ0n) is 40.1. The van der Waals surface area contributed by atoms with Gasteiger partial charge in [0.25, 0.3) is 0 Å². The number of tetrazole rings is 4. The molecule has 33 heteroatoms. The molecule has 0 aliphatic rings. The van der Waals surface area contributed by atoms with Crippen LogP contribution in [0.1, 0.15) is 0 Å². The van der Waals surface area contributed by atoms with Gasteiger partial charge in [-0.2, -0.15) is 37.5 Å². The molecule has 5 aromatic heterocycles. The summed E-state index contributed by atoms with van der Waals surface area (Å²) in [5.41, 5.74) is -1.72. The van der Waals surface area contributed by atoms with E-state index in [2.05, 4.69) is 46.7 Å². The maximum Gasteiger partial charge on any atom is 0.372 e. The molecule has 0 radical (unpaired) electrons. The zero-order chi connectivity index (χ0) is 55.8. The van der Waals surface area contributed by atoms with Gasteiger partial charge in [-0.05, 0) is 102 Å². The van der Waals surface area contributed by atoms with Crippen molar-refractivity contribution in [2.45, 2.75) is 19.6 Å². The molecule has 4 aromatic carbocycles. The molecule has 0 aliphatic heterocycles. The number of hydrogen-bond acceptors (Lipinski definition) is 21. The Labute approximate surface area is 435 Å². The second-order valence-electron chi connectivity index (χ2n) is 14.9. The summed E-state index contributed by atoms with van der Waals surface area (Å²) in [6, 6.07) is 34.9. The average Bonchev–Trinajstić information content (AvgIpc) is 4.19. The number of rotatable bonds is 13. The average molecular weight is 1130 g/mol. The van der Waals surface area contributed by atoms with E-state index in [1.54, 1.807) is 91.1 Å². The molecule has 0 amide bonds. The van der Waals surface area contributed by atoms with Crippen LogP contribution in [0.15, 0.2) is 206 Å². The molecule has 0 fully saturated rings. The van der Waals surface area contributed by atoms with Crippen LogP contribution in [0.4, 0.5) is 0 Å². The molecule has 0 spiro atoms. The highest BCUT2D eigenvalue weighted by Gasteiger charge is 2.14. The van der Waals surface area contributed by atoms with E-state index >= 15 is 0 Å². The summed E-state index contributed by atoms with van der Waals surface area (Å²) in [4.78, 5) is 50.7. The van der Waals surface area contributed by atoms with Crippen molar-refractivity contribution in [3.63, 3.8) is 0 Å². The van der Waals surface area contributed by atoms with Crippen LogP contribution in [0, 0.1) is 0 Å². The summed E-state index contributed by atoms with van der Waals surface area (Å²) in [5.74, 6) is 0. The van der Waals surface area contributed by atoms with E-state index in [1.807, 2.05) is 0 Å². The number of aromatic nitrogens is 17. The van der Waals surface area contributed by atoms with E-state index in [-0.39, 0.29) is 19.6 Å². The highest BCUT2D eigenvalue weighted by molar-refractivity contribution is 7.95. The van der Waals surface area contributed by atoms with Crippen LogP contribution in [0.25, 0.3) is 30.5 Å². The molecule has 0 saturated carbocycles. The normalized spacial score (nSPS) is 12.0. The second kappa shape index (κ2) is 25.0. The first kappa shape index (κ1) is 56.6. The minimum absolute atomic E-state index is 0.129. The SMILES string of the molecule is Cn1nnn(/C=C/S(=O)(=O)c2ccccc2)c1=O.Cn1nnn(/C=C/S(=O)(=O)c2ccccc2)c1=O.Cn1nnn(/C=C/S(=O)(=O)c2ccccc2)c1=O.O=c1n(/C=C/S(=O)(=O)c2ccccc2)nnn1-c1cccnc1. The number of hydrogen-bond donors (Lipinski definition) is 0. The Morgan fingerprint density at radius 3 is 0.857 bits per heavy atom. The lowest BCUT2D eigenvalue weighted by atomic mass is 10.4. The van der Waals surface area contributed by atoms with Crippen molar-refractivity contribution < 1.29 is 33.7 Å². The van der Waals surface area contributed by atoms with Gasteiger partial charge in [0.05, 0.1) is 53.1 Å². The molecule has 398 valence electrons. The summed E-state index contributed by atoms with van der Waals surface area (Å²) in [7, 11) is -10.1. The Hall–Kier alpha value is -9.73. The summed E-state index contributed by atoms with van der Waals surface area (Å²) in [6.07, 6.45) is 7.27. The molecule has 0 atom stereocenters. The minimum Gasteiger partial charge on any atom is -0.262 e. The van der Waals surface area contributed by atoms with Crippen LogP contribution < -0.4 is 22.8 Å². The Bertz CT molecular complexity index is 3980. The standard InChI is InChI=1S/C14H11N5O3S.3C10H10N4O3S/c20-14-18(16-17-19(14)12-5-4-8-15-11-12)9-10-23(21,22)13-6-2-1-3-7-13;3*1-13-10(15)14(12-11-13)7-8-18(16,17)9-5-3-2-4-6-9/h1-11H;3*2-8H,1H3/b10-9+;3*8-7+. The Morgan fingerprint density at radius 2 is 0.610 bits per heavy atom. The molecule has 0 bridgehead atoms. The van der Waals surface area contributed by atoms with Crippen LogP contribution in [0.2, 0.25) is 0 Å². The van der Waals surface area contributed by atoms with E-state index in [0.717, 1.165) is 83.9 Å². The van der Waals surface area contributed by atoms with Crippen molar-refractivity contribution in [3.05, 3.63) is 209 Å². The first-order valence-corrected chi connectivity index (χ1v) is 27.6. The van der Waals surface area contributed by atoms with Crippen LogP contribution in [-0.2, 0) is 60.5 Å². The van der Waals surface area contributed by atoms with Crippen molar-refractivity contribution in [2.24, 2.45) is 21.1 Å².